The van der Waals surface area contributed by atoms with Crippen LogP contribution in [0.15, 0.2) is 60.7 Å². The minimum atomic E-state index is -0.643. The van der Waals surface area contributed by atoms with Gasteiger partial charge in [0.2, 0.25) is 0 Å². The molecular weight excluding hydrogens is 370 g/mol. The van der Waals surface area contributed by atoms with Gasteiger partial charge in [0, 0.05) is 17.3 Å². The second-order valence-electron chi connectivity index (χ2n) is 8.17. The van der Waals surface area contributed by atoms with E-state index in [1.165, 1.54) is 11.1 Å². The SMILES string of the molecule is CCOC(=O)[C@]1(NC(C)(C)C(c2ccccc2)c2ccccc2)CC1CCCl. The number of ether oxygens (including phenoxy) is 1. The first-order valence-electron chi connectivity index (χ1n) is 10.1. The zero-order valence-corrected chi connectivity index (χ0v) is 17.7. The van der Waals surface area contributed by atoms with E-state index in [0.717, 1.165) is 12.8 Å². The molecule has 150 valence electrons. The van der Waals surface area contributed by atoms with Crippen LogP contribution in [0.4, 0.5) is 0 Å². The van der Waals surface area contributed by atoms with Gasteiger partial charge in [-0.15, -0.1) is 11.6 Å². The molecule has 0 radical (unpaired) electrons. The van der Waals surface area contributed by atoms with Gasteiger partial charge in [0.05, 0.1) is 6.61 Å². The van der Waals surface area contributed by atoms with Crippen molar-refractivity contribution in [2.45, 2.75) is 50.6 Å². The number of rotatable bonds is 9. The van der Waals surface area contributed by atoms with Gasteiger partial charge < -0.3 is 4.74 Å². The van der Waals surface area contributed by atoms with Gasteiger partial charge in [0.25, 0.3) is 0 Å². The highest BCUT2D eigenvalue weighted by molar-refractivity contribution is 6.17. The Morgan fingerprint density at radius 2 is 1.68 bits per heavy atom. The molecule has 0 amide bonds. The quantitative estimate of drug-likeness (QED) is 0.468. The Kier molecular flexibility index (Phi) is 6.47. The molecule has 3 nitrogen and oxygen atoms in total. The first kappa shape index (κ1) is 20.9. The molecule has 1 N–H and O–H groups in total. The van der Waals surface area contributed by atoms with Crippen LogP contribution in [0.5, 0.6) is 0 Å². The summed E-state index contributed by atoms with van der Waals surface area (Å²) in [5.74, 6) is 0.710. The van der Waals surface area contributed by atoms with Crippen molar-refractivity contribution in [3.63, 3.8) is 0 Å². The molecule has 2 aromatic carbocycles. The highest BCUT2D eigenvalue weighted by Gasteiger charge is 2.62. The van der Waals surface area contributed by atoms with E-state index in [0.29, 0.717) is 12.5 Å². The molecule has 28 heavy (non-hydrogen) atoms. The van der Waals surface area contributed by atoms with Gasteiger partial charge in [-0.3, -0.25) is 10.1 Å². The number of hydrogen-bond donors (Lipinski definition) is 1. The maximum absolute atomic E-state index is 12.9. The first-order chi connectivity index (χ1) is 13.4. The minimum Gasteiger partial charge on any atom is -0.465 e. The van der Waals surface area contributed by atoms with Gasteiger partial charge in [0.1, 0.15) is 5.54 Å². The number of carbonyl (C=O) groups excluding carboxylic acids is 1. The molecule has 1 aliphatic carbocycles. The topological polar surface area (TPSA) is 38.3 Å². The number of nitrogens with one attached hydrogen (secondary N) is 1. The summed E-state index contributed by atoms with van der Waals surface area (Å²) in [6, 6.07) is 20.9. The van der Waals surface area contributed by atoms with Crippen LogP contribution in [0.2, 0.25) is 0 Å². The van der Waals surface area contributed by atoms with Crippen molar-refractivity contribution in [2.24, 2.45) is 5.92 Å². The lowest BCUT2D eigenvalue weighted by atomic mass is 9.76. The van der Waals surface area contributed by atoms with E-state index in [2.05, 4.69) is 67.7 Å². The summed E-state index contributed by atoms with van der Waals surface area (Å²) in [7, 11) is 0. The zero-order valence-electron chi connectivity index (χ0n) is 17.0. The molecular formula is C24H30ClNO2. The largest absolute Gasteiger partial charge is 0.465 e. The van der Waals surface area contributed by atoms with Crippen LogP contribution in [-0.2, 0) is 9.53 Å². The van der Waals surface area contributed by atoms with Crippen molar-refractivity contribution in [2.75, 3.05) is 12.5 Å². The Morgan fingerprint density at radius 1 is 1.14 bits per heavy atom. The fourth-order valence-corrected chi connectivity index (χ4v) is 4.75. The third-order valence-corrected chi connectivity index (χ3v) is 5.95. The number of esters is 1. The van der Waals surface area contributed by atoms with Crippen LogP contribution in [0.1, 0.15) is 50.7 Å². The second kappa shape index (κ2) is 8.67. The number of carbonyl (C=O) groups is 1. The Balaban J connectivity index is 1.96. The normalized spacial score (nSPS) is 21.5. The Bertz CT molecular complexity index is 738. The molecule has 1 aliphatic rings. The first-order valence-corrected chi connectivity index (χ1v) is 10.6. The standard InChI is InChI=1S/C24H30ClNO2/c1-4-28-22(27)24(17-20(24)15-16-25)26-23(2,3)21(18-11-7-5-8-12-18)19-13-9-6-10-14-19/h5-14,20-21,26H,4,15-17H2,1-3H3/t20?,24-/m0/s1. The highest BCUT2D eigenvalue weighted by Crippen LogP contribution is 2.50. The van der Waals surface area contributed by atoms with Crippen molar-refractivity contribution in [3.05, 3.63) is 71.8 Å². The van der Waals surface area contributed by atoms with Gasteiger partial charge in [-0.1, -0.05) is 60.7 Å². The minimum absolute atomic E-state index is 0.0958. The van der Waals surface area contributed by atoms with E-state index in [1.807, 2.05) is 19.1 Å². The summed E-state index contributed by atoms with van der Waals surface area (Å²) in [4.78, 5) is 12.9. The molecule has 3 rings (SSSR count). The molecule has 1 saturated carbocycles. The molecule has 0 aliphatic heterocycles. The predicted molar refractivity (Wildman–Crippen MR) is 115 cm³/mol. The molecule has 0 aromatic heterocycles. The lowest BCUT2D eigenvalue weighted by Gasteiger charge is -2.39. The number of benzene rings is 2. The van der Waals surface area contributed by atoms with Gasteiger partial charge >= 0.3 is 5.97 Å². The maximum Gasteiger partial charge on any atom is 0.326 e. The van der Waals surface area contributed by atoms with Gasteiger partial charge in [-0.25, -0.2) is 0 Å². The van der Waals surface area contributed by atoms with Crippen LogP contribution in [-0.4, -0.2) is 29.5 Å². The van der Waals surface area contributed by atoms with Crippen LogP contribution in [0.3, 0.4) is 0 Å². The third-order valence-electron chi connectivity index (χ3n) is 5.74. The summed E-state index contributed by atoms with van der Waals surface area (Å²) in [6.45, 7) is 6.59. The maximum atomic E-state index is 12.9. The van der Waals surface area contributed by atoms with Crippen molar-refractivity contribution in [1.82, 2.24) is 5.32 Å². The molecule has 1 fully saturated rings. The zero-order chi connectivity index (χ0) is 20.2. The third kappa shape index (κ3) is 4.26. The van der Waals surface area contributed by atoms with Crippen molar-refractivity contribution >= 4 is 17.6 Å². The molecule has 4 heteroatoms. The lowest BCUT2D eigenvalue weighted by Crippen LogP contribution is -2.56. The summed E-state index contributed by atoms with van der Waals surface area (Å²) in [5, 5.41) is 3.73. The van der Waals surface area contributed by atoms with Crippen molar-refractivity contribution < 1.29 is 9.53 Å². The molecule has 0 heterocycles. The fourth-order valence-electron chi connectivity index (χ4n) is 4.49. The van der Waals surface area contributed by atoms with E-state index in [4.69, 9.17) is 16.3 Å². The fraction of sp³-hybridized carbons (Fsp3) is 0.458. The van der Waals surface area contributed by atoms with E-state index in [9.17, 15) is 4.79 Å². The Hall–Kier alpha value is -1.84. The smallest absolute Gasteiger partial charge is 0.326 e. The summed E-state index contributed by atoms with van der Waals surface area (Å²) in [6.07, 6.45) is 1.59. The number of alkyl halides is 1. The van der Waals surface area contributed by atoms with Crippen LogP contribution >= 0.6 is 11.6 Å². The average Bonchev–Trinajstić information content (AvgIpc) is 3.36. The molecule has 0 bridgehead atoms. The van der Waals surface area contributed by atoms with E-state index in [-0.39, 0.29) is 23.3 Å². The Labute approximate surface area is 173 Å². The van der Waals surface area contributed by atoms with Crippen molar-refractivity contribution in [1.29, 1.82) is 0 Å². The van der Waals surface area contributed by atoms with Gasteiger partial charge in [-0.05, 0) is 50.7 Å². The van der Waals surface area contributed by atoms with Crippen LogP contribution < -0.4 is 5.32 Å². The summed E-state index contributed by atoms with van der Waals surface area (Å²) < 4.78 is 5.44. The lowest BCUT2D eigenvalue weighted by molar-refractivity contribution is -0.148. The highest BCUT2D eigenvalue weighted by atomic mass is 35.5. The molecule has 0 saturated heterocycles. The predicted octanol–water partition coefficient (Wildman–Crippen LogP) is 5.14. The molecule has 1 unspecified atom stereocenters. The van der Waals surface area contributed by atoms with E-state index < -0.39 is 5.54 Å². The Morgan fingerprint density at radius 3 is 2.14 bits per heavy atom. The molecule has 0 spiro atoms. The van der Waals surface area contributed by atoms with Crippen LogP contribution in [0.25, 0.3) is 0 Å². The molecule has 2 atom stereocenters. The van der Waals surface area contributed by atoms with Gasteiger partial charge in [-0.2, -0.15) is 0 Å². The average molecular weight is 400 g/mol. The number of hydrogen-bond acceptors (Lipinski definition) is 3. The van der Waals surface area contributed by atoms with E-state index >= 15 is 0 Å². The summed E-state index contributed by atoms with van der Waals surface area (Å²) >= 11 is 5.99. The molecule has 2 aromatic rings. The monoisotopic (exact) mass is 399 g/mol. The summed E-state index contributed by atoms with van der Waals surface area (Å²) in [5.41, 5.74) is 1.44. The van der Waals surface area contributed by atoms with Gasteiger partial charge in [0.15, 0.2) is 0 Å². The second-order valence-corrected chi connectivity index (χ2v) is 8.55. The van der Waals surface area contributed by atoms with E-state index in [1.54, 1.807) is 0 Å². The van der Waals surface area contributed by atoms with Crippen molar-refractivity contribution in [3.8, 4) is 0 Å². The number of halogens is 1. The van der Waals surface area contributed by atoms with Crippen LogP contribution in [0, 0.1) is 5.92 Å².